The van der Waals surface area contributed by atoms with E-state index in [4.69, 9.17) is 15.3 Å². The van der Waals surface area contributed by atoms with E-state index in [1.807, 2.05) is 30.3 Å². The predicted molar refractivity (Wildman–Crippen MR) is 296 cm³/mol. The molecule has 8 atom stereocenters. The summed E-state index contributed by atoms with van der Waals surface area (Å²) in [5, 5.41) is 35.7. The molecule has 0 bridgehead atoms. The van der Waals surface area contributed by atoms with Gasteiger partial charge in [-0.15, -0.1) is 5.06 Å². The average Bonchev–Trinajstić information content (AvgIpc) is 2.17. The number of aliphatic carboxylic acids is 1. The zero-order chi connectivity index (χ0) is 62.9. The van der Waals surface area contributed by atoms with E-state index >= 15 is 4.39 Å². The third-order valence-electron chi connectivity index (χ3n) is 13.8. The Bertz CT molecular complexity index is 2960. The summed E-state index contributed by atoms with van der Waals surface area (Å²) in [6.45, 7) is 7.88. The Morgan fingerprint density at radius 2 is 1.46 bits per heavy atom. The molecule has 10 N–H and O–H groups in total. The lowest BCUT2D eigenvalue weighted by Crippen LogP contribution is -2.58. The lowest BCUT2D eigenvalue weighted by Gasteiger charge is -2.41. The van der Waals surface area contributed by atoms with Gasteiger partial charge in [0.05, 0.1) is 12.5 Å². The second kappa shape index (κ2) is 30.9. The molecule has 0 saturated carbocycles. The van der Waals surface area contributed by atoms with Crippen LogP contribution in [-0.2, 0) is 73.7 Å². The van der Waals surface area contributed by atoms with Crippen LogP contribution in [0.5, 0.6) is 0 Å². The highest BCUT2D eigenvalue weighted by atomic mass is 19.1. The fraction of sp³-hybridized carbons (Fsp3) is 0.509. The lowest BCUT2D eigenvalue weighted by molar-refractivity contribution is -0.197. The van der Waals surface area contributed by atoms with Crippen molar-refractivity contribution >= 4 is 70.9 Å². The number of hydrogen-bond acceptors (Lipinski definition) is 16. The Kier molecular flexibility index (Phi) is 24.4. The van der Waals surface area contributed by atoms with Crippen LogP contribution in [0.3, 0.4) is 0 Å². The van der Waals surface area contributed by atoms with Gasteiger partial charge in [0.2, 0.25) is 41.4 Å². The van der Waals surface area contributed by atoms with E-state index in [-0.39, 0.29) is 87.9 Å². The summed E-state index contributed by atoms with van der Waals surface area (Å²) in [4.78, 5) is 160. The van der Waals surface area contributed by atoms with Gasteiger partial charge in [0.15, 0.2) is 0 Å². The number of halogens is 2. The highest BCUT2D eigenvalue weighted by molar-refractivity contribution is 6.01. The van der Waals surface area contributed by atoms with Crippen LogP contribution in [0.4, 0.5) is 8.78 Å². The van der Waals surface area contributed by atoms with E-state index in [9.17, 15) is 72.1 Å². The zero-order valence-corrected chi connectivity index (χ0v) is 48.1. The van der Waals surface area contributed by atoms with E-state index in [1.54, 1.807) is 37.6 Å². The fourth-order valence-electron chi connectivity index (χ4n) is 9.39. The first kappa shape index (κ1) is 67.3. The minimum absolute atomic E-state index is 0.00134. The number of epoxide rings is 1. The smallest absolute Gasteiger partial charge is 0.333 e. The van der Waals surface area contributed by atoms with Gasteiger partial charge in [-0.25, -0.2) is 13.6 Å². The van der Waals surface area contributed by atoms with Crippen molar-refractivity contribution < 1.29 is 86.1 Å². The van der Waals surface area contributed by atoms with E-state index in [0.717, 1.165) is 23.8 Å². The lowest BCUT2D eigenvalue weighted by atomic mass is 9.82. The molecule has 2 aliphatic rings. The minimum atomic E-state index is -1.79. The van der Waals surface area contributed by atoms with Gasteiger partial charge in [0, 0.05) is 74.8 Å². The zero-order valence-electron chi connectivity index (χ0n) is 48.1. The van der Waals surface area contributed by atoms with Crippen LogP contribution < -0.4 is 37.6 Å². The molecule has 3 aromatic rings. The largest absolute Gasteiger partial charge is 0.480 e. The van der Waals surface area contributed by atoms with Crippen LogP contribution in [-0.4, -0.2) is 158 Å². The van der Waals surface area contributed by atoms with Gasteiger partial charge in [0.1, 0.15) is 66.6 Å². The molecule has 28 heteroatoms. The molecule has 9 amide bonds. The molecule has 2 unspecified atom stereocenters. The number of primary amides is 1. The van der Waals surface area contributed by atoms with Gasteiger partial charge in [-0.05, 0) is 81.7 Å². The Hall–Kier alpha value is -8.50. The van der Waals surface area contributed by atoms with Gasteiger partial charge in [-0.3, -0.25) is 53.3 Å². The second-order valence-electron chi connectivity index (χ2n) is 21.9. The first-order chi connectivity index (χ1) is 40.1. The number of hydrogen-bond donors (Lipinski definition) is 9. The third-order valence-corrected chi connectivity index (χ3v) is 13.8. The number of ketones is 1. The van der Waals surface area contributed by atoms with E-state index in [2.05, 4.69) is 31.9 Å². The van der Waals surface area contributed by atoms with E-state index < -0.39 is 150 Å². The number of nitrogens with two attached hydrogens (primary N) is 1. The van der Waals surface area contributed by atoms with E-state index in [1.165, 1.54) is 25.7 Å². The number of carboxylic acids is 1. The summed E-state index contributed by atoms with van der Waals surface area (Å²) in [6, 6.07) is 5.51. The van der Waals surface area contributed by atoms with Crippen molar-refractivity contribution in [1.29, 1.82) is 0 Å². The number of Topliss-reactive ketones (excluding diaryl/α,β-unsaturated/α-hetero) is 1. The van der Waals surface area contributed by atoms with Crippen LogP contribution in [0, 0.1) is 17.0 Å². The van der Waals surface area contributed by atoms with Crippen molar-refractivity contribution in [2.24, 2.45) is 11.1 Å². The normalized spacial score (nSPS) is 16.8. The van der Waals surface area contributed by atoms with Gasteiger partial charge in [-0.1, -0.05) is 51.1 Å². The standard InChI is InChI=1S/C57H74F2N10O16/c1-31(71)15-18-40(56(82)83)66-55-43(84-55)21-23-61-53(80)39(22-24-68(48(76)30-70)50(57(4,5)6)42-25-35(37-26-36(58)16-17-38(37)59)29-67(42)28-34-11-8-7-9-12-34)64-54(81)41(27-44(60)72)65-52(79)33(3)63-51(78)32(2)62-45(73)13-10-14-49(77)85-69-46(74)19-20-47(69)75/h7-9,11-12,16-17,25-26,29,32-33,39-41,43,50,55,66,70H,10,13-15,18-24,27-28,30H2,1-6H3,(H2,60,72)(H,61,80)(H,62,73)(H,63,78)(H,64,81)(H,65,79)(H,82,83)/t32-,33+,39-,40-,41-,43?,50-,55?/m0/s1. The number of amides is 9. The summed E-state index contributed by atoms with van der Waals surface area (Å²) in [7, 11) is 0. The summed E-state index contributed by atoms with van der Waals surface area (Å²) in [5.41, 5.74) is 6.00. The highest BCUT2D eigenvalue weighted by Crippen LogP contribution is 2.41. The molecule has 0 spiro atoms. The minimum Gasteiger partial charge on any atom is -0.480 e. The summed E-state index contributed by atoms with van der Waals surface area (Å²) >= 11 is 0. The molecule has 2 aliphatic heterocycles. The molecule has 3 heterocycles. The van der Waals surface area contributed by atoms with Crippen LogP contribution in [0.15, 0.2) is 60.8 Å². The fourth-order valence-corrected chi connectivity index (χ4v) is 9.39. The van der Waals surface area contributed by atoms with Crippen LogP contribution in [0.1, 0.15) is 123 Å². The summed E-state index contributed by atoms with van der Waals surface area (Å²) in [5.74, 6) is -11.6. The maximum atomic E-state index is 15.4. The van der Waals surface area contributed by atoms with Gasteiger partial charge >= 0.3 is 11.9 Å². The van der Waals surface area contributed by atoms with Crippen molar-refractivity contribution in [2.75, 3.05) is 19.7 Å². The molecule has 462 valence electrons. The Balaban J connectivity index is 1.35. The van der Waals surface area contributed by atoms with Crippen molar-refractivity contribution in [3.8, 4) is 11.1 Å². The quantitative estimate of drug-likeness (QED) is 0.0304. The average molecular weight is 1190 g/mol. The molecular formula is C57H74F2N10O16. The molecule has 2 aromatic carbocycles. The SMILES string of the molecule is CC(=O)CC[C@H](NC1OC1CCNC(=O)[C@H](CCN(C(=O)CO)[C@@H](c1cc(-c2cc(F)ccc2F)cn1Cc1ccccc1)C(C)(C)C)NC(=O)[C@H](CC(N)=O)NC(=O)[C@@H](C)NC(=O)[C@H](C)NC(=O)CCCC(=O)ON1C(=O)CCC1=O)C(=O)O. The number of aliphatic hydroxyl groups excluding tert-OH is 1. The monoisotopic (exact) mass is 1190 g/mol. The van der Waals surface area contributed by atoms with Gasteiger partial charge in [0.25, 0.3) is 11.8 Å². The molecule has 1 aromatic heterocycles. The Morgan fingerprint density at radius 3 is 2.08 bits per heavy atom. The maximum absolute atomic E-state index is 15.4. The number of nitrogens with one attached hydrogen (secondary N) is 6. The molecule has 2 fully saturated rings. The summed E-state index contributed by atoms with van der Waals surface area (Å²) < 4.78 is 37.5. The molecule has 5 rings (SSSR count). The number of carboxylic acid groups (broad SMARTS) is 1. The number of aromatic nitrogens is 1. The van der Waals surface area contributed by atoms with Crippen LogP contribution >= 0.6 is 0 Å². The van der Waals surface area contributed by atoms with Crippen LogP contribution in [0.25, 0.3) is 11.1 Å². The van der Waals surface area contributed by atoms with Crippen molar-refractivity contribution in [1.82, 2.24) is 46.4 Å². The molecule has 26 nitrogen and oxygen atoms in total. The van der Waals surface area contributed by atoms with E-state index in [0.29, 0.717) is 10.8 Å². The first-order valence-electron chi connectivity index (χ1n) is 27.6. The number of hydroxylamine groups is 2. The number of rotatable bonds is 33. The molecule has 2 saturated heterocycles. The number of imide groups is 1. The number of aliphatic hydroxyl groups is 1. The summed E-state index contributed by atoms with van der Waals surface area (Å²) in [6.07, 6.45) is -1.75. The molecular weight excluding hydrogens is 1120 g/mol. The van der Waals surface area contributed by atoms with Crippen molar-refractivity contribution in [2.45, 2.75) is 161 Å². The number of carbonyl (C=O) groups excluding carboxylic acids is 11. The Morgan fingerprint density at radius 1 is 0.812 bits per heavy atom. The topological polar surface area (TPSA) is 377 Å². The maximum Gasteiger partial charge on any atom is 0.333 e. The van der Waals surface area contributed by atoms with Crippen LogP contribution in [0.2, 0.25) is 0 Å². The van der Waals surface area contributed by atoms with Crippen molar-refractivity contribution in [3.05, 3.63) is 83.7 Å². The second-order valence-corrected chi connectivity index (χ2v) is 21.9. The third kappa shape index (κ3) is 20.4. The van der Waals surface area contributed by atoms with Crippen molar-refractivity contribution in [3.63, 3.8) is 0 Å². The number of ether oxygens (including phenoxy) is 1. The molecule has 0 radical (unpaired) electrons. The Labute approximate surface area is 488 Å². The first-order valence-corrected chi connectivity index (χ1v) is 27.6. The number of carbonyl (C=O) groups is 12. The predicted octanol–water partition coefficient (Wildman–Crippen LogP) is 1.05. The molecule has 0 aliphatic carbocycles. The highest BCUT2D eigenvalue weighted by Gasteiger charge is 2.42. The van der Waals surface area contributed by atoms with Gasteiger partial charge in [-0.2, -0.15) is 0 Å². The number of nitrogens with zero attached hydrogens (tertiary/aromatic N) is 3. The molecule has 85 heavy (non-hydrogen) atoms. The number of benzene rings is 2. The van der Waals surface area contributed by atoms with Gasteiger partial charge < -0.3 is 66.4 Å².